The third kappa shape index (κ3) is 9.82. The second-order valence-electron chi connectivity index (χ2n) is 5.76. The molecular weight excluding hydrogens is 252 g/mol. The first-order valence-electron chi connectivity index (χ1n) is 8.33. The minimum absolute atomic E-state index is 0.639. The SMILES string of the molecule is [O-]/[N+]1=C\CCCCCCC/[N+]([O-])=C/CCCCCCC1. The van der Waals surface area contributed by atoms with E-state index >= 15 is 0 Å². The van der Waals surface area contributed by atoms with Gasteiger partial charge >= 0.3 is 0 Å². The summed E-state index contributed by atoms with van der Waals surface area (Å²) in [5.74, 6) is 0. The summed E-state index contributed by atoms with van der Waals surface area (Å²) in [4.78, 5) is 0. The highest BCUT2D eigenvalue weighted by atomic mass is 16.5. The van der Waals surface area contributed by atoms with Gasteiger partial charge in [0.25, 0.3) is 0 Å². The van der Waals surface area contributed by atoms with Crippen LogP contribution in [0.5, 0.6) is 0 Å². The molecule has 0 atom stereocenters. The first kappa shape index (κ1) is 17.0. The van der Waals surface area contributed by atoms with Gasteiger partial charge in [0.05, 0.1) is 0 Å². The van der Waals surface area contributed by atoms with Gasteiger partial charge in [-0.1, -0.05) is 25.7 Å². The molecule has 116 valence electrons. The number of nitrogens with zero attached hydrogens (tertiary/aromatic N) is 2. The molecule has 4 heteroatoms. The van der Waals surface area contributed by atoms with Gasteiger partial charge in [-0.2, -0.15) is 0 Å². The van der Waals surface area contributed by atoms with Crippen LogP contribution >= 0.6 is 0 Å². The molecule has 0 spiro atoms. The van der Waals surface area contributed by atoms with E-state index < -0.39 is 0 Å². The molecule has 0 N–H and O–H groups in total. The largest absolute Gasteiger partial charge is 0.624 e. The quantitative estimate of drug-likeness (QED) is 0.500. The number of hydroxylamine groups is 2. The van der Waals surface area contributed by atoms with Gasteiger partial charge < -0.3 is 10.4 Å². The Labute approximate surface area is 123 Å². The molecule has 20 heavy (non-hydrogen) atoms. The van der Waals surface area contributed by atoms with Crippen molar-refractivity contribution in [2.45, 2.75) is 77.0 Å². The average molecular weight is 282 g/mol. The van der Waals surface area contributed by atoms with E-state index in [1.807, 2.05) is 0 Å². The predicted octanol–water partition coefficient (Wildman–Crippen LogP) is 3.84. The Kier molecular flexibility index (Phi) is 9.98. The van der Waals surface area contributed by atoms with E-state index in [9.17, 15) is 10.4 Å². The first-order chi connectivity index (χ1) is 9.79. The number of hydrogen-bond acceptors (Lipinski definition) is 2. The summed E-state index contributed by atoms with van der Waals surface area (Å²) in [6, 6.07) is 0. The maximum absolute atomic E-state index is 11.5. The normalized spacial score (nSPS) is 27.4. The smallest absolute Gasteiger partial charge is 0.153 e. The lowest BCUT2D eigenvalue weighted by Crippen LogP contribution is -2.08. The molecule has 0 radical (unpaired) electrons. The van der Waals surface area contributed by atoms with Gasteiger partial charge in [0.1, 0.15) is 0 Å². The zero-order chi connectivity index (χ0) is 14.5. The molecule has 0 unspecified atom stereocenters. The molecule has 0 amide bonds. The minimum atomic E-state index is 0.639. The van der Waals surface area contributed by atoms with E-state index in [0.29, 0.717) is 13.1 Å². The average Bonchev–Trinajstić information content (AvgIpc) is 2.43. The van der Waals surface area contributed by atoms with E-state index in [1.54, 1.807) is 12.4 Å². The van der Waals surface area contributed by atoms with Gasteiger partial charge in [0.15, 0.2) is 25.5 Å². The van der Waals surface area contributed by atoms with Crippen molar-refractivity contribution >= 4 is 12.4 Å². The van der Waals surface area contributed by atoms with E-state index in [1.165, 1.54) is 12.8 Å². The molecule has 0 aromatic rings. The fourth-order valence-electron chi connectivity index (χ4n) is 2.54. The van der Waals surface area contributed by atoms with Gasteiger partial charge in [-0.3, -0.25) is 0 Å². The summed E-state index contributed by atoms with van der Waals surface area (Å²) in [6.07, 6.45) is 16.4. The van der Waals surface area contributed by atoms with Crippen molar-refractivity contribution < 1.29 is 9.48 Å². The van der Waals surface area contributed by atoms with Crippen LogP contribution in [0.4, 0.5) is 0 Å². The molecule has 0 aromatic heterocycles. The van der Waals surface area contributed by atoms with E-state index in [0.717, 1.165) is 73.7 Å². The zero-order valence-electron chi connectivity index (χ0n) is 12.8. The molecule has 1 heterocycles. The van der Waals surface area contributed by atoms with Crippen molar-refractivity contribution in [3.05, 3.63) is 10.4 Å². The predicted molar refractivity (Wildman–Crippen MR) is 84.5 cm³/mol. The summed E-state index contributed by atoms with van der Waals surface area (Å²) < 4.78 is 2.23. The Bertz CT molecular complexity index is 271. The lowest BCUT2D eigenvalue weighted by atomic mass is 10.1. The Morgan fingerprint density at radius 1 is 0.500 bits per heavy atom. The highest BCUT2D eigenvalue weighted by Crippen LogP contribution is 2.07. The van der Waals surface area contributed by atoms with Crippen LogP contribution in [-0.2, 0) is 0 Å². The summed E-state index contributed by atoms with van der Waals surface area (Å²) in [5, 5.41) is 23.1. The molecular formula is C16H30N2O2. The molecule has 0 aliphatic carbocycles. The van der Waals surface area contributed by atoms with Crippen LogP contribution in [0.2, 0.25) is 0 Å². The van der Waals surface area contributed by atoms with E-state index in [2.05, 4.69) is 0 Å². The van der Waals surface area contributed by atoms with Crippen LogP contribution in [0.3, 0.4) is 0 Å². The van der Waals surface area contributed by atoms with Crippen LogP contribution in [0.15, 0.2) is 0 Å². The second kappa shape index (κ2) is 11.7. The fourth-order valence-corrected chi connectivity index (χ4v) is 2.54. The van der Waals surface area contributed by atoms with Crippen LogP contribution < -0.4 is 0 Å². The molecule has 0 aromatic carbocycles. The summed E-state index contributed by atoms with van der Waals surface area (Å²) in [6.45, 7) is 1.28. The van der Waals surface area contributed by atoms with E-state index in [-0.39, 0.29) is 0 Å². The van der Waals surface area contributed by atoms with Crippen LogP contribution in [0.25, 0.3) is 0 Å². The van der Waals surface area contributed by atoms with Crippen molar-refractivity contribution in [2.75, 3.05) is 13.1 Å². The molecule has 4 nitrogen and oxygen atoms in total. The minimum Gasteiger partial charge on any atom is -0.624 e. The monoisotopic (exact) mass is 282 g/mol. The molecule has 1 aliphatic heterocycles. The third-order valence-electron chi connectivity index (χ3n) is 3.83. The van der Waals surface area contributed by atoms with Crippen LogP contribution in [0.1, 0.15) is 77.0 Å². The lowest BCUT2D eigenvalue weighted by Gasteiger charge is -2.06. The first-order valence-corrected chi connectivity index (χ1v) is 8.33. The van der Waals surface area contributed by atoms with Crippen LogP contribution in [0, 0.1) is 10.4 Å². The van der Waals surface area contributed by atoms with Gasteiger partial charge in [-0.25, -0.2) is 9.48 Å². The Morgan fingerprint density at radius 2 is 0.850 bits per heavy atom. The van der Waals surface area contributed by atoms with Crippen molar-refractivity contribution in [3.8, 4) is 0 Å². The Morgan fingerprint density at radius 3 is 1.30 bits per heavy atom. The van der Waals surface area contributed by atoms with Crippen molar-refractivity contribution in [1.82, 2.24) is 0 Å². The van der Waals surface area contributed by atoms with Gasteiger partial charge in [0.2, 0.25) is 0 Å². The highest BCUT2D eigenvalue weighted by molar-refractivity contribution is 5.51. The number of hydrogen-bond donors (Lipinski definition) is 0. The topological polar surface area (TPSA) is 52.1 Å². The van der Waals surface area contributed by atoms with Crippen molar-refractivity contribution in [1.29, 1.82) is 0 Å². The molecule has 0 saturated heterocycles. The summed E-state index contributed by atoms with van der Waals surface area (Å²) >= 11 is 0. The zero-order valence-corrected chi connectivity index (χ0v) is 12.8. The van der Waals surface area contributed by atoms with Crippen LogP contribution in [-0.4, -0.2) is 35.0 Å². The maximum Gasteiger partial charge on any atom is 0.153 e. The lowest BCUT2D eigenvalue weighted by molar-refractivity contribution is -0.455. The molecule has 0 fully saturated rings. The van der Waals surface area contributed by atoms with Crippen molar-refractivity contribution in [2.24, 2.45) is 0 Å². The maximum atomic E-state index is 11.5. The third-order valence-corrected chi connectivity index (χ3v) is 3.83. The standard InChI is InChI=1S/C16H30N2O2/c19-17-13-9-5-1-2-6-10-14-18(20)16-12-8-4-3-7-11-15-17/h13,16H,1-12,14-15H2/b17-13-,18-16-. The molecule has 0 saturated carbocycles. The summed E-state index contributed by atoms with van der Waals surface area (Å²) in [5.41, 5.74) is 0. The second-order valence-corrected chi connectivity index (χ2v) is 5.76. The van der Waals surface area contributed by atoms with Gasteiger partial charge in [0, 0.05) is 25.7 Å². The van der Waals surface area contributed by atoms with Gasteiger partial charge in [-0.05, 0) is 25.7 Å². The van der Waals surface area contributed by atoms with E-state index in [4.69, 9.17) is 0 Å². The highest BCUT2D eigenvalue weighted by Gasteiger charge is 1.99. The molecule has 1 aliphatic rings. The Hall–Kier alpha value is -1.06. The fraction of sp³-hybridized carbons (Fsp3) is 0.875. The van der Waals surface area contributed by atoms with Gasteiger partial charge in [-0.15, -0.1) is 0 Å². The van der Waals surface area contributed by atoms with Crippen molar-refractivity contribution in [3.63, 3.8) is 0 Å². The number of rotatable bonds is 0. The Balaban J connectivity index is 2.28. The molecule has 0 bridgehead atoms. The summed E-state index contributed by atoms with van der Waals surface area (Å²) in [7, 11) is 0. The molecule has 1 rings (SSSR count).